The summed E-state index contributed by atoms with van der Waals surface area (Å²) in [7, 11) is 7.25. The lowest BCUT2D eigenvalue weighted by molar-refractivity contribution is -0.121. The SMILES string of the molecule is C/C=C\C=C/CNC(=O)CCO.C=Cc1cc(OC)c(OC)c(OC)c1.CN.CO. The van der Waals surface area contributed by atoms with Crippen molar-refractivity contribution < 1.29 is 29.2 Å². The summed E-state index contributed by atoms with van der Waals surface area (Å²) < 4.78 is 15.5. The van der Waals surface area contributed by atoms with Crippen LogP contribution in [0.25, 0.3) is 6.08 Å². The highest BCUT2D eigenvalue weighted by molar-refractivity contribution is 5.76. The van der Waals surface area contributed by atoms with Crippen molar-refractivity contribution in [1.82, 2.24) is 5.32 Å². The number of carbonyl (C=O) groups is 1. The third-order valence-electron chi connectivity index (χ3n) is 3.12. The molecule has 0 aliphatic rings. The van der Waals surface area contributed by atoms with Crippen LogP contribution in [0, 0.1) is 0 Å². The van der Waals surface area contributed by atoms with Gasteiger partial charge in [0, 0.05) is 20.1 Å². The fraction of sp³-hybridized carbons (Fsp3) is 0.409. The van der Waals surface area contributed by atoms with Gasteiger partial charge in [0.2, 0.25) is 11.7 Å². The Kier molecular flexibility index (Phi) is 25.7. The number of hydrogen-bond donors (Lipinski definition) is 4. The van der Waals surface area contributed by atoms with Crippen molar-refractivity contribution in [2.24, 2.45) is 5.73 Å². The standard InChI is InChI=1S/C11H14O3.C9H15NO2.CH5N.CH4O/c1-5-8-6-9(12-2)11(14-4)10(7-8)13-3;1-2-3-4-5-7-10-9(12)6-8-11;2*1-2/h5-7H,1H2,2-4H3;2-5,11H,6-8H2,1H3,(H,10,12);2H2,1H3;2H,1H3/b;3-2-,5-4-;;. The van der Waals surface area contributed by atoms with Gasteiger partial charge in [-0.25, -0.2) is 0 Å². The molecule has 0 unspecified atom stereocenters. The number of aliphatic hydroxyl groups excluding tert-OH is 2. The Bertz CT molecular complexity index is 591. The molecular weight excluding hydrogens is 388 g/mol. The number of ether oxygens (including phenoxy) is 3. The van der Waals surface area contributed by atoms with Crippen LogP contribution in [0.1, 0.15) is 18.9 Å². The van der Waals surface area contributed by atoms with Crippen molar-refractivity contribution >= 4 is 12.0 Å². The lowest BCUT2D eigenvalue weighted by Gasteiger charge is -2.12. The quantitative estimate of drug-likeness (QED) is 0.446. The predicted molar refractivity (Wildman–Crippen MR) is 123 cm³/mol. The number of hydrogen-bond acceptors (Lipinski definition) is 7. The van der Waals surface area contributed by atoms with Crippen LogP contribution in [0.15, 0.2) is 43.0 Å². The average molecular weight is 427 g/mol. The van der Waals surface area contributed by atoms with E-state index in [2.05, 4.69) is 17.6 Å². The van der Waals surface area contributed by atoms with Crippen molar-refractivity contribution in [3.63, 3.8) is 0 Å². The molecule has 5 N–H and O–H groups in total. The smallest absolute Gasteiger partial charge is 0.222 e. The molecule has 0 saturated carbocycles. The lowest BCUT2D eigenvalue weighted by Crippen LogP contribution is -2.23. The molecule has 0 aromatic heterocycles. The first-order valence-corrected chi connectivity index (χ1v) is 9.18. The Morgan fingerprint density at radius 3 is 2.00 bits per heavy atom. The molecule has 172 valence electrons. The van der Waals surface area contributed by atoms with E-state index in [-0.39, 0.29) is 18.9 Å². The van der Waals surface area contributed by atoms with E-state index >= 15 is 0 Å². The molecule has 0 fully saturated rings. The highest BCUT2D eigenvalue weighted by atomic mass is 16.5. The molecule has 0 atom stereocenters. The highest BCUT2D eigenvalue weighted by Gasteiger charge is 2.11. The van der Waals surface area contributed by atoms with Crippen LogP contribution in [0.4, 0.5) is 0 Å². The van der Waals surface area contributed by atoms with Gasteiger partial charge in [0.1, 0.15) is 0 Å². The zero-order valence-electron chi connectivity index (χ0n) is 19.0. The summed E-state index contributed by atoms with van der Waals surface area (Å²) in [5, 5.41) is 18.0. The summed E-state index contributed by atoms with van der Waals surface area (Å²) in [6.07, 6.45) is 9.40. The fourth-order valence-corrected chi connectivity index (χ4v) is 1.84. The van der Waals surface area contributed by atoms with Gasteiger partial charge >= 0.3 is 0 Å². The third-order valence-corrected chi connectivity index (χ3v) is 3.12. The monoisotopic (exact) mass is 426 g/mol. The number of carbonyl (C=O) groups excluding carboxylic acids is 1. The Morgan fingerprint density at radius 2 is 1.63 bits per heavy atom. The largest absolute Gasteiger partial charge is 0.493 e. The maximum absolute atomic E-state index is 10.8. The molecule has 0 radical (unpaired) electrons. The molecule has 1 aromatic rings. The number of allylic oxidation sites excluding steroid dienone is 3. The number of amides is 1. The first-order valence-electron chi connectivity index (χ1n) is 9.18. The second kappa shape index (κ2) is 24.2. The van der Waals surface area contributed by atoms with Crippen molar-refractivity contribution in [3.05, 3.63) is 48.6 Å². The van der Waals surface area contributed by atoms with E-state index < -0.39 is 0 Å². The summed E-state index contributed by atoms with van der Waals surface area (Å²) >= 11 is 0. The Labute approximate surface area is 180 Å². The molecule has 0 bridgehead atoms. The highest BCUT2D eigenvalue weighted by Crippen LogP contribution is 2.38. The van der Waals surface area contributed by atoms with E-state index in [1.165, 1.54) is 7.05 Å². The fourth-order valence-electron chi connectivity index (χ4n) is 1.84. The molecule has 1 amide bonds. The molecular formula is C22H38N2O6. The Balaban J connectivity index is -0.000000421. The number of rotatable bonds is 9. The second-order valence-corrected chi connectivity index (χ2v) is 4.89. The van der Waals surface area contributed by atoms with Gasteiger partial charge in [-0.1, -0.05) is 37.0 Å². The number of aliphatic hydroxyl groups is 2. The van der Waals surface area contributed by atoms with Crippen molar-refractivity contribution in [2.75, 3.05) is 48.6 Å². The Hall–Kier alpha value is -2.81. The van der Waals surface area contributed by atoms with Gasteiger partial charge in [-0.15, -0.1) is 0 Å². The van der Waals surface area contributed by atoms with Crippen LogP contribution in [-0.4, -0.2) is 64.8 Å². The molecule has 0 heterocycles. The summed E-state index contributed by atoms with van der Waals surface area (Å²) in [5.74, 6) is 1.76. The van der Waals surface area contributed by atoms with Gasteiger partial charge < -0.3 is 35.5 Å². The normalized spacial score (nSPS) is 9.23. The predicted octanol–water partition coefficient (Wildman–Crippen LogP) is 2.16. The van der Waals surface area contributed by atoms with Gasteiger partial charge in [-0.3, -0.25) is 4.79 Å². The number of nitrogens with two attached hydrogens (primary N) is 1. The second-order valence-electron chi connectivity index (χ2n) is 4.89. The summed E-state index contributed by atoms with van der Waals surface area (Å²) in [6, 6.07) is 3.68. The molecule has 0 aliphatic heterocycles. The number of methoxy groups -OCH3 is 3. The van der Waals surface area contributed by atoms with Gasteiger partial charge in [-0.2, -0.15) is 0 Å². The van der Waals surface area contributed by atoms with Gasteiger partial charge in [0.05, 0.1) is 27.9 Å². The zero-order chi connectivity index (χ0) is 23.8. The summed E-state index contributed by atoms with van der Waals surface area (Å²) in [6.45, 7) is 6.03. The molecule has 1 aromatic carbocycles. The van der Waals surface area contributed by atoms with Gasteiger partial charge in [-0.05, 0) is 31.7 Å². The molecule has 0 saturated heterocycles. The molecule has 0 aliphatic carbocycles. The van der Waals surface area contributed by atoms with Crippen LogP contribution in [0.3, 0.4) is 0 Å². The van der Waals surface area contributed by atoms with Crippen molar-refractivity contribution in [1.29, 1.82) is 0 Å². The minimum Gasteiger partial charge on any atom is -0.493 e. The zero-order valence-corrected chi connectivity index (χ0v) is 19.0. The third kappa shape index (κ3) is 15.2. The minimum atomic E-state index is -0.123. The number of nitrogens with one attached hydrogen (secondary N) is 1. The van der Waals surface area contributed by atoms with Crippen LogP contribution in [0.2, 0.25) is 0 Å². The minimum absolute atomic E-state index is 0.0928. The summed E-state index contributed by atoms with van der Waals surface area (Å²) in [4.78, 5) is 10.8. The van der Waals surface area contributed by atoms with Crippen LogP contribution >= 0.6 is 0 Å². The van der Waals surface area contributed by atoms with E-state index in [1.54, 1.807) is 27.4 Å². The first-order chi connectivity index (χ1) is 14.6. The van der Waals surface area contributed by atoms with E-state index in [0.29, 0.717) is 23.8 Å². The van der Waals surface area contributed by atoms with Crippen molar-refractivity contribution in [3.8, 4) is 17.2 Å². The average Bonchev–Trinajstić information content (AvgIpc) is 2.81. The van der Waals surface area contributed by atoms with E-state index in [4.69, 9.17) is 24.4 Å². The number of benzene rings is 1. The van der Waals surface area contributed by atoms with Crippen LogP contribution in [-0.2, 0) is 4.79 Å². The molecule has 8 heteroatoms. The molecule has 30 heavy (non-hydrogen) atoms. The van der Waals surface area contributed by atoms with Gasteiger partial charge in [0.15, 0.2) is 11.5 Å². The van der Waals surface area contributed by atoms with Gasteiger partial charge in [0.25, 0.3) is 0 Å². The lowest BCUT2D eigenvalue weighted by atomic mass is 10.2. The molecule has 1 rings (SSSR count). The van der Waals surface area contributed by atoms with E-state index in [0.717, 1.165) is 12.7 Å². The Morgan fingerprint density at radius 1 is 1.10 bits per heavy atom. The maximum atomic E-state index is 10.8. The maximum Gasteiger partial charge on any atom is 0.222 e. The first kappa shape index (κ1) is 31.9. The van der Waals surface area contributed by atoms with Crippen LogP contribution < -0.4 is 25.3 Å². The topological polar surface area (TPSA) is 123 Å². The molecule has 0 spiro atoms. The summed E-state index contributed by atoms with van der Waals surface area (Å²) in [5.41, 5.74) is 5.43. The van der Waals surface area contributed by atoms with E-state index in [1.807, 2.05) is 43.4 Å². The van der Waals surface area contributed by atoms with Crippen molar-refractivity contribution in [2.45, 2.75) is 13.3 Å². The molecule has 8 nitrogen and oxygen atoms in total. The van der Waals surface area contributed by atoms with Crippen LogP contribution in [0.5, 0.6) is 17.2 Å². The van der Waals surface area contributed by atoms with E-state index in [9.17, 15) is 4.79 Å².